The summed E-state index contributed by atoms with van der Waals surface area (Å²) < 4.78 is 16.9. The third kappa shape index (κ3) is 57.1. The molecule has 0 bridgehead atoms. The molecule has 0 aliphatic carbocycles. The maximum absolute atomic E-state index is 12.9. The summed E-state index contributed by atoms with van der Waals surface area (Å²) in [6, 6.07) is 0. The van der Waals surface area contributed by atoms with Crippen molar-refractivity contribution in [1.29, 1.82) is 0 Å². The Morgan fingerprint density at radius 1 is 0.271 bits per heavy atom. The van der Waals surface area contributed by atoms with E-state index in [-0.39, 0.29) is 31.1 Å². The zero-order valence-electron chi connectivity index (χ0n) is 47.6. The molecule has 0 radical (unpaired) electrons. The topological polar surface area (TPSA) is 78.9 Å². The molecule has 6 nitrogen and oxygen atoms in total. The summed E-state index contributed by atoms with van der Waals surface area (Å²) in [6.07, 6.45) is 69.3. The number of hydrogen-bond acceptors (Lipinski definition) is 6. The first-order valence-corrected chi connectivity index (χ1v) is 31.7. The summed E-state index contributed by atoms with van der Waals surface area (Å²) in [5, 5.41) is 0. The molecule has 0 fully saturated rings. The Balaban J connectivity index is 4.29. The lowest BCUT2D eigenvalue weighted by Crippen LogP contribution is -2.30. The molecule has 1 atom stereocenters. The SMILES string of the molecule is CCCCCCCCCC/C=C\CCCCCCCCCC(=O)OCC(COC(=O)CCCCCCCCCCCCCCCC)OC(=O)CCCCCCCCCCCCCCCCCCCCC. The van der Waals surface area contributed by atoms with E-state index in [9.17, 15) is 14.4 Å². The molecule has 1 unspecified atom stereocenters. The lowest BCUT2D eigenvalue weighted by molar-refractivity contribution is -0.167. The third-order valence-electron chi connectivity index (χ3n) is 14.5. The summed E-state index contributed by atoms with van der Waals surface area (Å²) in [7, 11) is 0. The molecule has 414 valence electrons. The smallest absolute Gasteiger partial charge is 0.306 e. The highest BCUT2D eigenvalue weighted by Crippen LogP contribution is 2.18. The van der Waals surface area contributed by atoms with Crippen molar-refractivity contribution < 1.29 is 28.6 Å². The molecule has 70 heavy (non-hydrogen) atoms. The molecule has 0 rings (SSSR count). The number of unbranched alkanes of at least 4 members (excludes halogenated alkanes) is 46. The maximum atomic E-state index is 12.9. The van der Waals surface area contributed by atoms with Crippen molar-refractivity contribution in [3.8, 4) is 0 Å². The number of hydrogen-bond donors (Lipinski definition) is 0. The van der Waals surface area contributed by atoms with Gasteiger partial charge in [-0.1, -0.05) is 309 Å². The zero-order chi connectivity index (χ0) is 50.7. The van der Waals surface area contributed by atoms with Gasteiger partial charge in [0.2, 0.25) is 0 Å². The Hall–Kier alpha value is -1.85. The molecule has 0 saturated carbocycles. The van der Waals surface area contributed by atoms with E-state index in [4.69, 9.17) is 14.2 Å². The van der Waals surface area contributed by atoms with Crippen LogP contribution >= 0.6 is 0 Å². The van der Waals surface area contributed by atoms with E-state index >= 15 is 0 Å². The Labute approximate surface area is 437 Å². The molecule has 0 N–H and O–H groups in total. The van der Waals surface area contributed by atoms with Crippen LogP contribution in [-0.4, -0.2) is 37.2 Å². The first-order valence-electron chi connectivity index (χ1n) is 31.7. The van der Waals surface area contributed by atoms with Crippen LogP contribution < -0.4 is 0 Å². The van der Waals surface area contributed by atoms with Crippen LogP contribution in [0.3, 0.4) is 0 Å². The Morgan fingerprint density at radius 3 is 0.714 bits per heavy atom. The number of rotatable bonds is 59. The molecule has 0 aliphatic rings. The maximum Gasteiger partial charge on any atom is 0.306 e. The van der Waals surface area contributed by atoms with Gasteiger partial charge in [0.05, 0.1) is 0 Å². The van der Waals surface area contributed by atoms with Crippen LogP contribution in [0.15, 0.2) is 12.2 Å². The molecule has 0 amide bonds. The first-order chi connectivity index (χ1) is 34.5. The van der Waals surface area contributed by atoms with Gasteiger partial charge < -0.3 is 14.2 Å². The van der Waals surface area contributed by atoms with Gasteiger partial charge in [-0.3, -0.25) is 14.4 Å². The van der Waals surface area contributed by atoms with Gasteiger partial charge in [0.1, 0.15) is 13.2 Å². The molecule has 6 heteroatoms. The largest absolute Gasteiger partial charge is 0.462 e. The highest BCUT2D eigenvalue weighted by Gasteiger charge is 2.19. The van der Waals surface area contributed by atoms with E-state index in [1.165, 1.54) is 263 Å². The highest BCUT2D eigenvalue weighted by atomic mass is 16.6. The Kier molecular flexibility index (Phi) is 58.1. The van der Waals surface area contributed by atoms with Crippen molar-refractivity contribution in [2.24, 2.45) is 0 Å². The number of esters is 3. The van der Waals surface area contributed by atoms with Crippen LogP contribution in [0.4, 0.5) is 0 Å². The van der Waals surface area contributed by atoms with Gasteiger partial charge in [-0.15, -0.1) is 0 Å². The number of allylic oxidation sites excluding steroid dienone is 2. The van der Waals surface area contributed by atoms with Crippen LogP contribution in [0.1, 0.15) is 361 Å². The Morgan fingerprint density at radius 2 is 0.471 bits per heavy atom. The third-order valence-corrected chi connectivity index (χ3v) is 14.5. The Bertz CT molecular complexity index is 1090. The molecule has 0 aromatic heterocycles. The standard InChI is InChI=1S/C64H122O6/c1-4-7-10-13-16-19-22-25-28-30-32-34-36-39-42-45-48-51-54-57-63(66)69-60-61(59-68-62(65)56-53-50-47-44-41-38-27-24-21-18-15-12-9-6-3)70-64(67)58-55-52-49-46-43-40-37-35-33-31-29-26-23-20-17-14-11-8-5-2/h30,32,61H,4-29,31,33-60H2,1-3H3/b32-30-. The summed E-state index contributed by atoms with van der Waals surface area (Å²) in [4.78, 5) is 38.3. The number of carbonyl (C=O) groups is 3. The second-order valence-corrected chi connectivity index (χ2v) is 21.7. The molecule has 0 aromatic rings. The first kappa shape index (κ1) is 68.2. The van der Waals surface area contributed by atoms with Crippen LogP contribution in [0.5, 0.6) is 0 Å². The van der Waals surface area contributed by atoms with Crippen LogP contribution in [0.25, 0.3) is 0 Å². The van der Waals surface area contributed by atoms with E-state index in [1.807, 2.05) is 0 Å². The van der Waals surface area contributed by atoms with Crippen LogP contribution in [0.2, 0.25) is 0 Å². The van der Waals surface area contributed by atoms with Gasteiger partial charge in [0, 0.05) is 19.3 Å². The van der Waals surface area contributed by atoms with Gasteiger partial charge in [0.25, 0.3) is 0 Å². The molecule has 0 heterocycles. The van der Waals surface area contributed by atoms with Crippen molar-refractivity contribution in [3.63, 3.8) is 0 Å². The molecular formula is C64H122O6. The summed E-state index contributed by atoms with van der Waals surface area (Å²) in [5.41, 5.74) is 0. The van der Waals surface area contributed by atoms with Crippen molar-refractivity contribution in [3.05, 3.63) is 12.2 Å². The second-order valence-electron chi connectivity index (χ2n) is 21.7. The molecular weight excluding hydrogens is 865 g/mol. The van der Waals surface area contributed by atoms with Crippen molar-refractivity contribution in [2.75, 3.05) is 13.2 Å². The van der Waals surface area contributed by atoms with Crippen molar-refractivity contribution in [1.82, 2.24) is 0 Å². The number of ether oxygens (including phenoxy) is 3. The fraction of sp³-hybridized carbons (Fsp3) is 0.922. The average molecular weight is 988 g/mol. The monoisotopic (exact) mass is 987 g/mol. The molecule has 0 aromatic carbocycles. The van der Waals surface area contributed by atoms with Gasteiger partial charge in [0.15, 0.2) is 6.10 Å². The van der Waals surface area contributed by atoms with Gasteiger partial charge in [-0.2, -0.15) is 0 Å². The predicted molar refractivity (Wildman–Crippen MR) is 303 cm³/mol. The van der Waals surface area contributed by atoms with Crippen LogP contribution in [-0.2, 0) is 28.6 Å². The minimum Gasteiger partial charge on any atom is -0.462 e. The zero-order valence-corrected chi connectivity index (χ0v) is 47.6. The summed E-state index contributed by atoms with van der Waals surface area (Å²) in [6.45, 7) is 6.71. The minimum absolute atomic E-state index is 0.0648. The van der Waals surface area contributed by atoms with E-state index in [1.54, 1.807) is 0 Å². The fourth-order valence-corrected chi connectivity index (χ4v) is 9.74. The molecule has 0 spiro atoms. The summed E-state index contributed by atoms with van der Waals surface area (Å²) in [5.74, 6) is -0.839. The summed E-state index contributed by atoms with van der Waals surface area (Å²) >= 11 is 0. The fourth-order valence-electron chi connectivity index (χ4n) is 9.74. The molecule has 0 aliphatic heterocycles. The minimum atomic E-state index is -0.767. The van der Waals surface area contributed by atoms with Gasteiger partial charge in [-0.25, -0.2) is 0 Å². The van der Waals surface area contributed by atoms with Gasteiger partial charge in [-0.05, 0) is 44.9 Å². The number of carbonyl (C=O) groups excluding carboxylic acids is 3. The lowest BCUT2D eigenvalue weighted by Gasteiger charge is -2.18. The second kappa shape index (κ2) is 59.7. The van der Waals surface area contributed by atoms with Gasteiger partial charge >= 0.3 is 17.9 Å². The van der Waals surface area contributed by atoms with Crippen molar-refractivity contribution >= 4 is 17.9 Å². The lowest BCUT2D eigenvalue weighted by atomic mass is 10.0. The predicted octanol–water partition coefficient (Wildman–Crippen LogP) is 21.3. The average Bonchev–Trinajstić information content (AvgIpc) is 3.36. The quantitative estimate of drug-likeness (QED) is 0.0261. The highest BCUT2D eigenvalue weighted by molar-refractivity contribution is 5.71. The van der Waals surface area contributed by atoms with E-state index in [0.29, 0.717) is 19.3 Å². The van der Waals surface area contributed by atoms with E-state index in [2.05, 4.69) is 32.9 Å². The normalized spacial score (nSPS) is 12.0. The van der Waals surface area contributed by atoms with Crippen molar-refractivity contribution in [2.45, 2.75) is 367 Å². The van der Waals surface area contributed by atoms with E-state index < -0.39 is 6.10 Å². The van der Waals surface area contributed by atoms with Crippen LogP contribution in [0, 0.1) is 0 Å². The molecule has 0 saturated heterocycles. The van der Waals surface area contributed by atoms with E-state index in [0.717, 1.165) is 57.8 Å².